The van der Waals surface area contributed by atoms with Crippen molar-refractivity contribution in [2.75, 3.05) is 0 Å². The van der Waals surface area contributed by atoms with Crippen LogP contribution < -0.4 is 5.32 Å². The molecule has 4 nitrogen and oxygen atoms in total. The van der Waals surface area contributed by atoms with E-state index in [1.54, 1.807) is 0 Å². The summed E-state index contributed by atoms with van der Waals surface area (Å²) in [6.07, 6.45) is 0.468. The summed E-state index contributed by atoms with van der Waals surface area (Å²) >= 11 is 1.02. The molecule has 0 unspecified atom stereocenters. The first kappa shape index (κ1) is 9.33. The largest absolute Gasteiger partial charge is 0.466 e. The third kappa shape index (κ3) is 1.82. The van der Waals surface area contributed by atoms with E-state index in [0.717, 1.165) is 23.3 Å². The summed E-state index contributed by atoms with van der Waals surface area (Å²) < 4.78 is 5.32. The summed E-state index contributed by atoms with van der Waals surface area (Å²) in [5.74, 6) is 1.33. The second-order valence-electron chi connectivity index (χ2n) is 3.10. The summed E-state index contributed by atoms with van der Waals surface area (Å²) in [6, 6.07) is 3.67. The number of aryl methyl sites for hydroxylation is 1. The van der Waals surface area contributed by atoms with Gasteiger partial charge in [0.05, 0.1) is 0 Å². The molecule has 1 saturated heterocycles. The molecule has 1 N–H and O–H groups in total. The number of furan rings is 1. The van der Waals surface area contributed by atoms with E-state index in [1.807, 2.05) is 19.1 Å². The van der Waals surface area contributed by atoms with Crippen LogP contribution in [0.5, 0.6) is 0 Å². The van der Waals surface area contributed by atoms with Gasteiger partial charge in [-0.2, -0.15) is 0 Å². The minimum Gasteiger partial charge on any atom is -0.466 e. The number of hydrogen-bond donors (Lipinski definition) is 1. The SMILES string of the molecule is Cc1ccc(C[C@@H]2SC(=O)NC2=O)o1. The van der Waals surface area contributed by atoms with E-state index >= 15 is 0 Å². The molecule has 1 aliphatic heterocycles. The zero-order valence-corrected chi connectivity index (χ0v) is 8.39. The summed E-state index contributed by atoms with van der Waals surface area (Å²) in [7, 11) is 0. The molecule has 1 aliphatic rings. The summed E-state index contributed by atoms with van der Waals surface area (Å²) in [4.78, 5) is 22.1. The smallest absolute Gasteiger partial charge is 0.286 e. The molecule has 0 spiro atoms. The predicted octanol–water partition coefficient (Wildman–Crippen LogP) is 1.48. The third-order valence-electron chi connectivity index (χ3n) is 1.95. The zero-order chi connectivity index (χ0) is 10.1. The lowest BCUT2D eigenvalue weighted by molar-refractivity contribution is -0.119. The van der Waals surface area contributed by atoms with Crippen molar-refractivity contribution in [3.63, 3.8) is 0 Å². The summed E-state index contributed by atoms with van der Waals surface area (Å²) in [5, 5.41) is 1.62. The Hall–Kier alpha value is -1.23. The Kier molecular flexibility index (Phi) is 2.33. The van der Waals surface area contributed by atoms with Crippen molar-refractivity contribution < 1.29 is 14.0 Å². The molecule has 1 aromatic rings. The molecule has 1 aromatic heterocycles. The van der Waals surface area contributed by atoms with Crippen LogP contribution >= 0.6 is 11.8 Å². The van der Waals surface area contributed by atoms with E-state index < -0.39 is 0 Å². The van der Waals surface area contributed by atoms with Crippen LogP contribution in [0.25, 0.3) is 0 Å². The van der Waals surface area contributed by atoms with Crippen molar-refractivity contribution in [3.8, 4) is 0 Å². The molecule has 1 fully saturated rings. The average molecular weight is 211 g/mol. The van der Waals surface area contributed by atoms with Gasteiger partial charge < -0.3 is 4.42 Å². The van der Waals surface area contributed by atoms with Crippen molar-refractivity contribution in [2.45, 2.75) is 18.6 Å². The van der Waals surface area contributed by atoms with Gasteiger partial charge in [-0.05, 0) is 19.1 Å². The van der Waals surface area contributed by atoms with Crippen LogP contribution in [0, 0.1) is 6.92 Å². The molecule has 0 saturated carbocycles. The van der Waals surface area contributed by atoms with E-state index in [2.05, 4.69) is 5.32 Å². The molecule has 2 heterocycles. The molecule has 2 amide bonds. The predicted molar refractivity (Wildman–Crippen MR) is 52.1 cm³/mol. The zero-order valence-electron chi connectivity index (χ0n) is 7.57. The van der Waals surface area contributed by atoms with Gasteiger partial charge in [0.1, 0.15) is 16.8 Å². The number of imide groups is 1. The minimum atomic E-state index is -0.340. The summed E-state index contributed by atoms with van der Waals surface area (Å²) in [6.45, 7) is 1.84. The standard InChI is InChI=1S/C9H9NO3S/c1-5-2-3-6(13-5)4-7-8(11)10-9(12)14-7/h2-3,7H,4H2,1H3,(H,10,11,12)/t7-/m0/s1. The highest BCUT2D eigenvalue weighted by atomic mass is 32.2. The minimum absolute atomic E-state index is 0.228. The highest BCUT2D eigenvalue weighted by molar-refractivity contribution is 8.15. The first-order chi connectivity index (χ1) is 6.65. The van der Waals surface area contributed by atoms with Crippen molar-refractivity contribution in [1.29, 1.82) is 0 Å². The van der Waals surface area contributed by atoms with Crippen LogP contribution in [0.2, 0.25) is 0 Å². The van der Waals surface area contributed by atoms with Crippen LogP contribution in [0.3, 0.4) is 0 Å². The van der Waals surface area contributed by atoms with Crippen molar-refractivity contribution in [1.82, 2.24) is 5.32 Å². The van der Waals surface area contributed by atoms with Crippen LogP contribution in [0.4, 0.5) is 4.79 Å². The fraction of sp³-hybridized carbons (Fsp3) is 0.333. The Morgan fingerprint density at radius 1 is 1.50 bits per heavy atom. The number of carbonyl (C=O) groups is 2. The highest BCUT2D eigenvalue weighted by Crippen LogP contribution is 2.23. The monoisotopic (exact) mass is 211 g/mol. The van der Waals surface area contributed by atoms with Gasteiger partial charge in [0, 0.05) is 6.42 Å². The lowest BCUT2D eigenvalue weighted by Gasteiger charge is -2.00. The molecular formula is C9H9NO3S. The van der Waals surface area contributed by atoms with Crippen LogP contribution in [-0.4, -0.2) is 16.4 Å². The fourth-order valence-corrected chi connectivity index (χ4v) is 2.14. The quantitative estimate of drug-likeness (QED) is 0.805. The van der Waals surface area contributed by atoms with Gasteiger partial charge in [-0.15, -0.1) is 0 Å². The van der Waals surface area contributed by atoms with Crippen molar-refractivity contribution >= 4 is 22.9 Å². The second kappa shape index (κ2) is 3.49. The van der Waals surface area contributed by atoms with E-state index in [0.29, 0.717) is 6.42 Å². The Morgan fingerprint density at radius 2 is 2.29 bits per heavy atom. The molecule has 2 rings (SSSR count). The molecular weight excluding hydrogens is 202 g/mol. The molecule has 0 aromatic carbocycles. The van der Waals surface area contributed by atoms with Crippen LogP contribution in [0.15, 0.2) is 16.5 Å². The number of thioether (sulfide) groups is 1. The van der Waals surface area contributed by atoms with Crippen molar-refractivity contribution in [3.05, 3.63) is 23.7 Å². The van der Waals surface area contributed by atoms with Gasteiger partial charge in [-0.25, -0.2) is 0 Å². The lowest BCUT2D eigenvalue weighted by atomic mass is 10.2. The number of nitrogens with one attached hydrogen (secondary N) is 1. The second-order valence-corrected chi connectivity index (χ2v) is 4.28. The number of carbonyl (C=O) groups excluding carboxylic acids is 2. The normalized spacial score (nSPS) is 21.4. The molecule has 0 radical (unpaired) electrons. The number of hydrogen-bond acceptors (Lipinski definition) is 4. The molecule has 0 bridgehead atoms. The van der Waals surface area contributed by atoms with Crippen molar-refractivity contribution in [2.24, 2.45) is 0 Å². The Morgan fingerprint density at radius 3 is 2.79 bits per heavy atom. The van der Waals surface area contributed by atoms with Gasteiger partial charge in [-0.3, -0.25) is 14.9 Å². The molecule has 14 heavy (non-hydrogen) atoms. The molecule has 74 valence electrons. The molecule has 5 heteroatoms. The van der Waals surface area contributed by atoms with E-state index in [9.17, 15) is 9.59 Å². The maximum absolute atomic E-state index is 11.2. The van der Waals surface area contributed by atoms with Crippen LogP contribution in [0.1, 0.15) is 11.5 Å². The Labute approximate surface area is 85.0 Å². The maximum Gasteiger partial charge on any atom is 0.286 e. The average Bonchev–Trinajstić information content (AvgIpc) is 2.61. The highest BCUT2D eigenvalue weighted by Gasteiger charge is 2.32. The number of amides is 2. The van der Waals surface area contributed by atoms with E-state index in [1.165, 1.54) is 0 Å². The van der Waals surface area contributed by atoms with Gasteiger partial charge in [-0.1, -0.05) is 11.8 Å². The van der Waals surface area contributed by atoms with E-state index in [4.69, 9.17) is 4.42 Å². The molecule has 0 aliphatic carbocycles. The lowest BCUT2D eigenvalue weighted by Crippen LogP contribution is -2.25. The van der Waals surface area contributed by atoms with E-state index in [-0.39, 0.29) is 16.4 Å². The Balaban J connectivity index is 2.05. The van der Waals surface area contributed by atoms with Crippen LogP contribution in [-0.2, 0) is 11.2 Å². The van der Waals surface area contributed by atoms with Gasteiger partial charge >= 0.3 is 0 Å². The first-order valence-electron chi connectivity index (χ1n) is 4.22. The fourth-order valence-electron chi connectivity index (χ4n) is 1.31. The topological polar surface area (TPSA) is 59.3 Å². The van der Waals surface area contributed by atoms with Gasteiger partial charge in [0.25, 0.3) is 5.24 Å². The number of rotatable bonds is 2. The van der Waals surface area contributed by atoms with Gasteiger partial charge in [0.2, 0.25) is 5.91 Å². The summed E-state index contributed by atoms with van der Waals surface area (Å²) in [5.41, 5.74) is 0. The Bertz CT molecular complexity index is 385. The molecule has 1 atom stereocenters. The third-order valence-corrected chi connectivity index (χ3v) is 2.93. The van der Waals surface area contributed by atoms with Gasteiger partial charge in [0.15, 0.2) is 0 Å². The maximum atomic E-state index is 11.2. The first-order valence-corrected chi connectivity index (χ1v) is 5.10.